The summed E-state index contributed by atoms with van der Waals surface area (Å²) in [6.07, 6.45) is 1.94. The Hall–Kier alpha value is -1.97. The molecule has 0 aliphatic carbocycles. The third-order valence-corrected chi connectivity index (χ3v) is 6.33. The molecule has 3 aromatic rings. The highest BCUT2D eigenvalue weighted by Crippen LogP contribution is 2.28. The minimum atomic E-state index is -3.29. The number of aryl methyl sites for hydroxylation is 1. The minimum Gasteiger partial charge on any atom is -0.483 e. The van der Waals surface area contributed by atoms with Crippen LogP contribution in [-0.2, 0) is 21.1 Å². The fraction of sp³-hybridized carbons (Fsp3) is 0.222. The van der Waals surface area contributed by atoms with Crippen molar-refractivity contribution in [1.82, 2.24) is 4.98 Å². The smallest absolute Gasteiger partial charge is 0.264 e. The van der Waals surface area contributed by atoms with Gasteiger partial charge < -0.3 is 4.74 Å². The first kappa shape index (κ1) is 19.8. The lowest BCUT2D eigenvalue weighted by atomic mass is 10.1. The number of carbonyl (C=O) groups excluding carboxylic acids is 1. The maximum Gasteiger partial charge on any atom is 0.264 e. The standard InChI is InChI=1S/C18H17BrN2O4S2/c1-3-11-8-12(19)4-7-15(11)25-10-17(22)21-18-20-14-6-5-13(27(2,23)24)9-16(14)26-18/h4-9H,3,10H2,1-2H3,(H,20,21,22). The summed E-state index contributed by atoms with van der Waals surface area (Å²) in [5, 5.41) is 3.09. The van der Waals surface area contributed by atoms with Gasteiger partial charge in [-0.2, -0.15) is 0 Å². The largest absolute Gasteiger partial charge is 0.483 e. The fourth-order valence-electron chi connectivity index (χ4n) is 2.45. The molecule has 0 radical (unpaired) electrons. The number of benzene rings is 2. The molecule has 0 unspecified atom stereocenters. The average molecular weight is 469 g/mol. The summed E-state index contributed by atoms with van der Waals surface area (Å²) >= 11 is 4.63. The summed E-state index contributed by atoms with van der Waals surface area (Å²) in [7, 11) is -3.29. The zero-order valence-electron chi connectivity index (χ0n) is 14.7. The number of halogens is 1. The molecule has 0 spiro atoms. The van der Waals surface area contributed by atoms with E-state index in [2.05, 4.69) is 26.2 Å². The van der Waals surface area contributed by atoms with E-state index in [4.69, 9.17) is 4.74 Å². The lowest BCUT2D eigenvalue weighted by molar-refractivity contribution is -0.118. The molecule has 1 N–H and O–H groups in total. The molecule has 0 saturated heterocycles. The Morgan fingerprint density at radius 3 is 2.74 bits per heavy atom. The Balaban J connectivity index is 1.69. The SMILES string of the molecule is CCc1cc(Br)ccc1OCC(=O)Nc1nc2ccc(S(C)(=O)=O)cc2s1. The van der Waals surface area contributed by atoms with E-state index in [0.29, 0.717) is 21.1 Å². The number of nitrogens with zero attached hydrogens (tertiary/aromatic N) is 1. The lowest BCUT2D eigenvalue weighted by Gasteiger charge is -2.10. The molecule has 1 heterocycles. The molecule has 142 valence electrons. The second kappa shape index (κ2) is 7.95. The van der Waals surface area contributed by atoms with Crippen LogP contribution in [0.2, 0.25) is 0 Å². The fourth-order valence-corrected chi connectivity index (χ4v) is 4.50. The number of nitrogens with one attached hydrogen (secondary N) is 1. The molecule has 0 fully saturated rings. The van der Waals surface area contributed by atoms with Crippen LogP contribution in [0.15, 0.2) is 45.8 Å². The van der Waals surface area contributed by atoms with Crippen LogP contribution in [0, 0.1) is 0 Å². The van der Waals surface area contributed by atoms with Gasteiger partial charge in [-0.05, 0) is 48.4 Å². The van der Waals surface area contributed by atoms with Gasteiger partial charge in [-0.1, -0.05) is 34.2 Å². The normalized spacial score (nSPS) is 11.5. The van der Waals surface area contributed by atoms with Gasteiger partial charge >= 0.3 is 0 Å². The molecule has 0 saturated carbocycles. The molecule has 27 heavy (non-hydrogen) atoms. The van der Waals surface area contributed by atoms with Crippen LogP contribution in [0.4, 0.5) is 5.13 Å². The van der Waals surface area contributed by atoms with E-state index in [0.717, 1.165) is 22.7 Å². The summed E-state index contributed by atoms with van der Waals surface area (Å²) in [4.78, 5) is 16.7. The maximum atomic E-state index is 12.2. The molecule has 1 aromatic heterocycles. The van der Waals surface area contributed by atoms with Crippen molar-refractivity contribution < 1.29 is 17.9 Å². The Labute approximate surface area is 169 Å². The highest BCUT2D eigenvalue weighted by Gasteiger charge is 2.13. The first-order valence-corrected chi connectivity index (χ1v) is 11.6. The highest BCUT2D eigenvalue weighted by molar-refractivity contribution is 9.10. The quantitative estimate of drug-likeness (QED) is 0.589. The van der Waals surface area contributed by atoms with Gasteiger partial charge in [0, 0.05) is 10.7 Å². The molecule has 0 aliphatic rings. The van der Waals surface area contributed by atoms with Crippen molar-refractivity contribution in [1.29, 1.82) is 0 Å². The van der Waals surface area contributed by atoms with Crippen molar-refractivity contribution in [3.05, 3.63) is 46.4 Å². The predicted molar refractivity (Wildman–Crippen MR) is 110 cm³/mol. The number of thiazole rings is 1. The summed E-state index contributed by atoms with van der Waals surface area (Å²) in [6.45, 7) is 1.87. The van der Waals surface area contributed by atoms with Crippen LogP contribution >= 0.6 is 27.3 Å². The second-order valence-corrected chi connectivity index (χ2v) is 9.83. The molecule has 6 nitrogen and oxygen atoms in total. The number of hydrogen-bond acceptors (Lipinski definition) is 6. The number of amides is 1. The Morgan fingerprint density at radius 2 is 2.04 bits per heavy atom. The van der Waals surface area contributed by atoms with E-state index in [1.807, 2.05) is 25.1 Å². The van der Waals surface area contributed by atoms with Gasteiger partial charge in [0.15, 0.2) is 21.6 Å². The van der Waals surface area contributed by atoms with Crippen molar-refractivity contribution in [3.63, 3.8) is 0 Å². The monoisotopic (exact) mass is 468 g/mol. The van der Waals surface area contributed by atoms with Gasteiger partial charge in [-0.3, -0.25) is 10.1 Å². The van der Waals surface area contributed by atoms with Crippen molar-refractivity contribution in [2.24, 2.45) is 0 Å². The molecular formula is C18H17BrN2O4S2. The second-order valence-electron chi connectivity index (χ2n) is 5.86. The van der Waals surface area contributed by atoms with Crippen molar-refractivity contribution >= 4 is 58.4 Å². The van der Waals surface area contributed by atoms with E-state index >= 15 is 0 Å². The third kappa shape index (κ3) is 4.85. The van der Waals surface area contributed by atoms with Gasteiger partial charge in [0.2, 0.25) is 0 Å². The van der Waals surface area contributed by atoms with Crippen molar-refractivity contribution in [2.75, 3.05) is 18.2 Å². The van der Waals surface area contributed by atoms with Crippen LogP contribution < -0.4 is 10.1 Å². The van der Waals surface area contributed by atoms with E-state index < -0.39 is 9.84 Å². The van der Waals surface area contributed by atoms with Gasteiger partial charge in [-0.15, -0.1) is 0 Å². The van der Waals surface area contributed by atoms with Crippen LogP contribution in [-0.4, -0.2) is 32.2 Å². The van der Waals surface area contributed by atoms with Gasteiger partial charge in [0.05, 0.1) is 15.1 Å². The molecule has 0 aliphatic heterocycles. The van der Waals surface area contributed by atoms with Crippen molar-refractivity contribution in [2.45, 2.75) is 18.2 Å². The number of carbonyl (C=O) groups is 1. The summed E-state index contributed by atoms with van der Waals surface area (Å²) in [5.41, 5.74) is 1.63. The number of hydrogen-bond donors (Lipinski definition) is 1. The number of rotatable bonds is 6. The summed E-state index contributed by atoms with van der Waals surface area (Å²) < 4.78 is 30.6. The highest BCUT2D eigenvalue weighted by atomic mass is 79.9. The molecule has 1 amide bonds. The molecule has 2 aromatic carbocycles. The van der Waals surface area contributed by atoms with Gasteiger partial charge in [0.25, 0.3) is 5.91 Å². The molecule has 9 heteroatoms. The predicted octanol–water partition coefficient (Wildman–Crippen LogP) is 4.04. The topological polar surface area (TPSA) is 85.4 Å². The number of aromatic nitrogens is 1. The third-order valence-electron chi connectivity index (χ3n) is 3.80. The van der Waals surface area contributed by atoms with E-state index in [1.165, 1.54) is 17.4 Å². The average Bonchev–Trinajstić information content (AvgIpc) is 3.01. The van der Waals surface area contributed by atoms with Gasteiger partial charge in [0.1, 0.15) is 5.75 Å². The first-order chi connectivity index (χ1) is 12.8. The van der Waals surface area contributed by atoms with E-state index in [1.54, 1.807) is 12.1 Å². The zero-order chi connectivity index (χ0) is 19.6. The Bertz CT molecular complexity index is 1110. The Morgan fingerprint density at radius 1 is 1.26 bits per heavy atom. The van der Waals surface area contributed by atoms with E-state index in [-0.39, 0.29) is 17.4 Å². The summed E-state index contributed by atoms with van der Waals surface area (Å²) in [6, 6.07) is 10.3. The molecular weight excluding hydrogens is 452 g/mol. The van der Waals surface area contributed by atoms with E-state index in [9.17, 15) is 13.2 Å². The number of fused-ring (bicyclic) bond motifs is 1. The van der Waals surface area contributed by atoms with Crippen LogP contribution in [0.25, 0.3) is 10.2 Å². The van der Waals surface area contributed by atoms with Crippen LogP contribution in [0.5, 0.6) is 5.75 Å². The zero-order valence-corrected chi connectivity index (χ0v) is 17.9. The van der Waals surface area contributed by atoms with Crippen molar-refractivity contribution in [3.8, 4) is 5.75 Å². The maximum absolute atomic E-state index is 12.2. The van der Waals surface area contributed by atoms with Gasteiger partial charge in [-0.25, -0.2) is 13.4 Å². The minimum absolute atomic E-state index is 0.140. The number of sulfone groups is 1. The molecule has 0 atom stereocenters. The summed E-state index contributed by atoms with van der Waals surface area (Å²) in [5.74, 6) is 0.334. The Kier molecular flexibility index (Phi) is 5.83. The lowest BCUT2D eigenvalue weighted by Crippen LogP contribution is -2.20. The number of anilines is 1. The van der Waals surface area contributed by atoms with Crippen LogP contribution in [0.3, 0.4) is 0 Å². The van der Waals surface area contributed by atoms with Crippen LogP contribution in [0.1, 0.15) is 12.5 Å². The molecule has 0 bridgehead atoms. The first-order valence-electron chi connectivity index (χ1n) is 8.08. The number of ether oxygens (including phenoxy) is 1. The molecule has 3 rings (SSSR count).